The van der Waals surface area contributed by atoms with Crippen molar-refractivity contribution in [3.05, 3.63) is 27.1 Å². The van der Waals surface area contributed by atoms with Gasteiger partial charge in [0, 0.05) is 34.1 Å². The predicted octanol–water partition coefficient (Wildman–Crippen LogP) is 4.18. The topological polar surface area (TPSA) is 15.3 Å². The number of benzene rings is 1. The van der Waals surface area contributed by atoms with E-state index in [9.17, 15) is 0 Å². The molecule has 1 aliphatic carbocycles. The maximum absolute atomic E-state index is 3.75. The first-order valence-corrected chi connectivity index (χ1v) is 8.72. The fraction of sp³-hybridized carbons (Fsp3) is 0.600. The van der Waals surface area contributed by atoms with Crippen LogP contribution in [0.15, 0.2) is 27.1 Å². The van der Waals surface area contributed by atoms with Gasteiger partial charge in [0.2, 0.25) is 0 Å². The lowest BCUT2D eigenvalue weighted by molar-refractivity contribution is 0.359. The Morgan fingerprint density at radius 1 is 1.32 bits per heavy atom. The fourth-order valence-corrected chi connectivity index (χ4v) is 4.29. The number of anilines is 1. The van der Waals surface area contributed by atoms with Crippen LogP contribution in [0.4, 0.5) is 5.69 Å². The number of piperazine rings is 1. The van der Waals surface area contributed by atoms with E-state index in [4.69, 9.17) is 0 Å². The number of nitrogens with zero attached hydrogens (tertiary/aromatic N) is 1. The lowest BCUT2D eigenvalue weighted by Crippen LogP contribution is -2.57. The first kappa shape index (κ1) is 13.9. The second kappa shape index (κ2) is 5.74. The summed E-state index contributed by atoms with van der Waals surface area (Å²) in [5.74, 6) is 0.912. The van der Waals surface area contributed by atoms with Crippen LogP contribution < -0.4 is 10.2 Å². The molecule has 1 heterocycles. The third-order valence-electron chi connectivity index (χ3n) is 4.33. The molecule has 1 N–H and O–H groups in total. The smallest absolute Gasteiger partial charge is 0.0514 e. The van der Waals surface area contributed by atoms with Crippen LogP contribution >= 0.6 is 31.9 Å². The highest BCUT2D eigenvalue weighted by Gasteiger charge is 2.37. The maximum atomic E-state index is 3.75. The van der Waals surface area contributed by atoms with Crippen LogP contribution in [0.3, 0.4) is 0 Å². The van der Waals surface area contributed by atoms with Gasteiger partial charge in [-0.25, -0.2) is 0 Å². The zero-order valence-corrected chi connectivity index (χ0v) is 14.4. The van der Waals surface area contributed by atoms with E-state index < -0.39 is 0 Å². The minimum atomic E-state index is 0.604. The zero-order chi connectivity index (χ0) is 13.4. The SMILES string of the molecule is CCC1CNC(C2CC2)CN1c1ccc(Br)cc1Br. The average molecular weight is 388 g/mol. The van der Waals surface area contributed by atoms with E-state index in [2.05, 4.69) is 67.2 Å². The molecule has 2 aliphatic rings. The third kappa shape index (κ3) is 3.01. The first-order valence-electron chi connectivity index (χ1n) is 7.14. The maximum Gasteiger partial charge on any atom is 0.0514 e. The van der Waals surface area contributed by atoms with E-state index in [1.807, 2.05) is 0 Å². The molecule has 0 aromatic heterocycles. The highest BCUT2D eigenvalue weighted by Crippen LogP contribution is 2.37. The molecule has 2 fully saturated rings. The number of hydrogen-bond acceptors (Lipinski definition) is 2. The molecule has 1 saturated carbocycles. The molecule has 1 aromatic rings. The molecule has 3 rings (SSSR count). The molecule has 1 aromatic carbocycles. The summed E-state index contributed by atoms with van der Waals surface area (Å²) in [5, 5.41) is 3.75. The molecule has 0 bridgehead atoms. The van der Waals surface area contributed by atoms with E-state index in [1.54, 1.807) is 0 Å². The highest BCUT2D eigenvalue weighted by molar-refractivity contribution is 9.11. The molecule has 4 heteroatoms. The molecule has 0 amide bonds. The van der Waals surface area contributed by atoms with E-state index in [-0.39, 0.29) is 0 Å². The number of nitrogens with one attached hydrogen (secondary N) is 1. The molecule has 19 heavy (non-hydrogen) atoms. The lowest BCUT2D eigenvalue weighted by Gasteiger charge is -2.42. The van der Waals surface area contributed by atoms with Crippen LogP contribution in [0, 0.1) is 5.92 Å². The minimum Gasteiger partial charge on any atom is -0.365 e. The summed E-state index contributed by atoms with van der Waals surface area (Å²) in [6.07, 6.45) is 4.00. The first-order chi connectivity index (χ1) is 9.19. The van der Waals surface area contributed by atoms with Crippen molar-refractivity contribution in [1.29, 1.82) is 0 Å². The van der Waals surface area contributed by atoms with E-state index >= 15 is 0 Å². The Labute approximate surface area is 132 Å². The second-order valence-corrected chi connectivity index (χ2v) is 7.43. The summed E-state index contributed by atoms with van der Waals surface area (Å²) in [5.41, 5.74) is 1.34. The Morgan fingerprint density at radius 2 is 2.11 bits per heavy atom. The van der Waals surface area contributed by atoms with Gasteiger partial charge in [-0.3, -0.25) is 0 Å². The molecule has 0 spiro atoms. The van der Waals surface area contributed by atoms with Crippen molar-refractivity contribution in [2.75, 3.05) is 18.0 Å². The van der Waals surface area contributed by atoms with Gasteiger partial charge in [-0.1, -0.05) is 22.9 Å². The summed E-state index contributed by atoms with van der Waals surface area (Å²) in [4.78, 5) is 2.59. The molecular formula is C15H20Br2N2. The van der Waals surface area contributed by atoms with Crippen LogP contribution in [0.25, 0.3) is 0 Å². The molecule has 1 aliphatic heterocycles. The van der Waals surface area contributed by atoms with Crippen molar-refractivity contribution in [1.82, 2.24) is 5.32 Å². The Balaban J connectivity index is 1.85. The summed E-state index contributed by atoms with van der Waals surface area (Å²) in [6.45, 7) is 4.53. The monoisotopic (exact) mass is 386 g/mol. The van der Waals surface area contributed by atoms with E-state index in [1.165, 1.54) is 29.4 Å². The quantitative estimate of drug-likeness (QED) is 0.836. The standard InChI is InChI=1S/C15H20Br2N2/c1-2-12-8-18-14(10-3-4-10)9-19(12)15-6-5-11(16)7-13(15)17/h5-7,10,12,14,18H,2-4,8-9H2,1H3. The zero-order valence-electron chi connectivity index (χ0n) is 11.2. The van der Waals surface area contributed by atoms with Gasteiger partial charge < -0.3 is 10.2 Å². The largest absolute Gasteiger partial charge is 0.365 e. The minimum absolute atomic E-state index is 0.604. The van der Waals surface area contributed by atoms with Crippen molar-refractivity contribution in [2.24, 2.45) is 5.92 Å². The van der Waals surface area contributed by atoms with Gasteiger partial charge in [0.25, 0.3) is 0 Å². The number of halogens is 2. The molecule has 1 saturated heterocycles. The van der Waals surface area contributed by atoms with Gasteiger partial charge in [-0.15, -0.1) is 0 Å². The molecule has 0 radical (unpaired) electrons. The van der Waals surface area contributed by atoms with Gasteiger partial charge in [0.15, 0.2) is 0 Å². The Bertz CT molecular complexity index is 459. The second-order valence-electron chi connectivity index (χ2n) is 5.66. The Morgan fingerprint density at radius 3 is 2.74 bits per heavy atom. The van der Waals surface area contributed by atoms with Crippen molar-refractivity contribution in [2.45, 2.75) is 38.3 Å². The summed E-state index contributed by atoms with van der Waals surface area (Å²) >= 11 is 7.26. The predicted molar refractivity (Wildman–Crippen MR) is 87.8 cm³/mol. The highest BCUT2D eigenvalue weighted by atomic mass is 79.9. The number of rotatable bonds is 3. The van der Waals surface area contributed by atoms with E-state index in [0.717, 1.165) is 23.5 Å². The van der Waals surface area contributed by atoms with Crippen LogP contribution in [0.2, 0.25) is 0 Å². The Kier molecular flexibility index (Phi) is 4.20. The van der Waals surface area contributed by atoms with Crippen LogP contribution in [0.1, 0.15) is 26.2 Å². The molecule has 2 nitrogen and oxygen atoms in total. The van der Waals surface area contributed by atoms with Crippen molar-refractivity contribution in [3.8, 4) is 0 Å². The van der Waals surface area contributed by atoms with Crippen LogP contribution in [-0.4, -0.2) is 25.2 Å². The van der Waals surface area contributed by atoms with Gasteiger partial charge in [0.1, 0.15) is 0 Å². The van der Waals surface area contributed by atoms with Gasteiger partial charge in [-0.05, 0) is 59.3 Å². The Hall–Kier alpha value is -0.0600. The molecule has 2 atom stereocenters. The summed E-state index contributed by atoms with van der Waals surface area (Å²) in [7, 11) is 0. The summed E-state index contributed by atoms with van der Waals surface area (Å²) < 4.78 is 2.32. The average Bonchev–Trinajstić information content (AvgIpc) is 3.22. The molecular weight excluding hydrogens is 368 g/mol. The van der Waals surface area contributed by atoms with Crippen molar-refractivity contribution >= 4 is 37.5 Å². The fourth-order valence-electron chi connectivity index (χ4n) is 3.01. The third-order valence-corrected chi connectivity index (χ3v) is 5.46. The van der Waals surface area contributed by atoms with Crippen LogP contribution in [-0.2, 0) is 0 Å². The van der Waals surface area contributed by atoms with Gasteiger partial charge >= 0.3 is 0 Å². The number of hydrogen-bond donors (Lipinski definition) is 1. The van der Waals surface area contributed by atoms with Crippen molar-refractivity contribution < 1.29 is 0 Å². The normalized spacial score (nSPS) is 27.6. The van der Waals surface area contributed by atoms with Crippen LogP contribution in [0.5, 0.6) is 0 Å². The van der Waals surface area contributed by atoms with E-state index in [0.29, 0.717) is 12.1 Å². The molecule has 2 unspecified atom stereocenters. The summed E-state index contributed by atoms with van der Waals surface area (Å²) in [6, 6.07) is 7.80. The lowest BCUT2D eigenvalue weighted by atomic mass is 10.0. The van der Waals surface area contributed by atoms with Gasteiger partial charge in [0.05, 0.1) is 5.69 Å². The van der Waals surface area contributed by atoms with Crippen molar-refractivity contribution in [3.63, 3.8) is 0 Å². The molecule has 104 valence electrons. The van der Waals surface area contributed by atoms with Gasteiger partial charge in [-0.2, -0.15) is 0 Å².